The summed E-state index contributed by atoms with van der Waals surface area (Å²) >= 11 is 6.06. The fourth-order valence-corrected chi connectivity index (χ4v) is 1.99. The first kappa shape index (κ1) is 15.6. The Balaban J connectivity index is 2.46. The van der Waals surface area contributed by atoms with E-state index < -0.39 is 0 Å². The number of hydrogen-bond donors (Lipinski definition) is 3. The maximum atomic E-state index is 8.70. The average molecular weight is 284 g/mol. The molecule has 0 saturated heterocycles. The summed E-state index contributed by atoms with van der Waals surface area (Å²) in [4.78, 5) is 0. The molecule has 1 aromatic rings. The van der Waals surface area contributed by atoms with Gasteiger partial charge in [0.05, 0.1) is 0 Å². The third-order valence-electron chi connectivity index (χ3n) is 3.36. The van der Waals surface area contributed by atoms with Gasteiger partial charge in [0.1, 0.15) is 5.84 Å². The Hall–Kier alpha value is -1.42. The molecule has 4 nitrogen and oxygen atoms in total. The Morgan fingerprint density at radius 2 is 2.16 bits per heavy atom. The summed E-state index contributed by atoms with van der Waals surface area (Å²) in [5, 5.41) is 15.9. The molecule has 0 spiro atoms. The molecule has 0 amide bonds. The molecule has 106 valence electrons. The van der Waals surface area contributed by atoms with Gasteiger partial charge in [-0.05, 0) is 37.5 Å². The number of hydrogen-bond acceptors (Lipinski definition) is 3. The van der Waals surface area contributed by atoms with Crippen LogP contribution in [0.25, 0.3) is 0 Å². The molecule has 0 radical (unpaired) electrons. The minimum Gasteiger partial charge on any atom is -0.409 e. The molecular formula is C14H22ClN3O. The van der Waals surface area contributed by atoms with E-state index in [9.17, 15) is 0 Å². The zero-order chi connectivity index (χ0) is 14.5. The molecule has 1 rings (SSSR count). The van der Waals surface area contributed by atoms with Crippen molar-refractivity contribution >= 4 is 23.1 Å². The lowest BCUT2D eigenvalue weighted by atomic mass is 9.86. The predicted molar refractivity (Wildman–Crippen MR) is 81.1 cm³/mol. The van der Waals surface area contributed by atoms with Crippen LogP contribution in [-0.2, 0) is 0 Å². The Morgan fingerprint density at radius 3 is 2.79 bits per heavy atom. The molecule has 0 saturated carbocycles. The summed E-state index contributed by atoms with van der Waals surface area (Å²) in [5.41, 5.74) is 7.46. The number of amidine groups is 1. The zero-order valence-electron chi connectivity index (χ0n) is 11.7. The minimum atomic E-state index is -0.292. The highest BCUT2D eigenvalue weighted by Crippen LogP contribution is 2.25. The highest BCUT2D eigenvalue weighted by Gasteiger charge is 2.22. The molecule has 0 atom stereocenters. The fraction of sp³-hybridized carbons (Fsp3) is 0.500. The number of anilines is 1. The van der Waals surface area contributed by atoms with Crippen molar-refractivity contribution < 1.29 is 5.21 Å². The lowest BCUT2D eigenvalue weighted by molar-refractivity contribution is 0.305. The molecule has 0 aromatic heterocycles. The molecule has 1 aromatic carbocycles. The van der Waals surface area contributed by atoms with Crippen LogP contribution in [0, 0.1) is 12.3 Å². The molecule has 0 aliphatic carbocycles. The van der Waals surface area contributed by atoms with E-state index in [0.29, 0.717) is 0 Å². The number of halogens is 1. The monoisotopic (exact) mass is 283 g/mol. The van der Waals surface area contributed by atoms with Crippen molar-refractivity contribution in [3.8, 4) is 0 Å². The van der Waals surface area contributed by atoms with Crippen LogP contribution in [-0.4, -0.2) is 17.6 Å². The second-order valence-electron chi connectivity index (χ2n) is 5.31. The van der Waals surface area contributed by atoms with Crippen LogP contribution >= 0.6 is 11.6 Å². The summed E-state index contributed by atoms with van der Waals surface area (Å²) in [6, 6.07) is 5.82. The van der Waals surface area contributed by atoms with E-state index in [0.717, 1.165) is 35.7 Å². The summed E-state index contributed by atoms with van der Waals surface area (Å²) in [6.45, 7) is 6.74. The topological polar surface area (TPSA) is 70.6 Å². The number of nitrogens with two attached hydrogens (primary N) is 1. The molecule has 4 N–H and O–H groups in total. The van der Waals surface area contributed by atoms with Gasteiger partial charge in [-0.3, -0.25) is 0 Å². The highest BCUT2D eigenvalue weighted by atomic mass is 35.5. The fourth-order valence-electron chi connectivity index (χ4n) is 1.82. The average Bonchev–Trinajstić information content (AvgIpc) is 2.38. The van der Waals surface area contributed by atoms with Gasteiger partial charge in [-0.15, -0.1) is 0 Å². The Morgan fingerprint density at radius 1 is 1.47 bits per heavy atom. The molecule has 0 fully saturated rings. The van der Waals surface area contributed by atoms with Crippen LogP contribution in [0.4, 0.5) is 5.69 Å². The van der Waals surface area contributed by atoms with Gasteiger partial charge in [0.2, 0.25) is 0 Å². The lowest BCUT2D eigenvalue weighted by Gasteiger charge is -2.22. The van der Waals surface area contributed by atoms with Gasteiger partial charge in [0.25, 0.3) is 0 Å². The van der Waals surface area contributed by atoms with Crippen molar-refractivity contribution in [2.45, 2.75) is 33.6 Å². The van der Waals surface area contributed by atoms with Crippen molar-refractivity contribution in [2.75, 3.05) is 11.9 Å². The summed E-state index contributed by atoms with van der Waals surface area (Å²) in [7, 11) is 0. The zero-order valence-corrected chi connectivity index (χ0v) is 12.5. The van der Waals surface area contributed by atoms with E-state index in [1.165, 1.54) is 0 Å². The van der Waals surface area contributed by atoms with E-state index in [1.54, 1.807) is 0 Å². The van der Waals surface area contributed by atoms with Gasteiger partial charge < -0.3 is 16.3 Å². The molecule has 0 aliphatic rings. The van der Waals surface area contributed by atoms with Crippen molar-refractivity contribution in [3.63, 3.8) is 0 Å². The summed E-state index contributed by atoms with van der Waals surface area (Å²) in [6.07, 6.45) is 1.77. The number of rotatable bonds is 6. The SMILES string of the molecule is Cc1c(Cl)cccc1NCCCC(C)(C)C(N)=NO. The van der Waals surface area contributed by atoms with E-state index in [1.807, 2.05) is 39.0 Å². The first-order valence-electron chi connectivity index (χ1n) is 6.35. The molecular weight excluding hydrogens is 262 g/mol. The van der Waals surface area contributed by atoms with Crippen LogP contribution in [0.5, 0.6) is 0 Å². The molecule has 0 unspecified atom stereocenters. The van der Waals surface area contributed by atoms with Crippen molar-refractivity contribution in [3.05, 3.63) is 28.8 Å². The van der Waals surface area contributed by atoms with Crippen molar-refractivity contribution in [1.82, 2.24) is 0 Å². The lowest BCUT2D eigenvalue weighted by Crippen LogP contribution is -2.32. The van der Waals surface area contributed by atoms with Crippen LogP contribution in [0.2, 0.25) is 5.02 Å². The van der Waals surface area contributed by atoms with Crippen LogP contribution < -0.4 is 11.1 Å². The Bertz CT molecular complexity index is 458. The molecule has 0 aliphatic heterocycles. The highest BCUT2D eigenvalue weighted by molar-refractivity contribution is 6.31. The number of benzene rings is 1. The van der Waals surface area contributed by atoms with E-state index >= 15 is 0 Å². The van der Waals surface area contributed by atoms with Crippen molar-refractivity contribution in [1.29, 1.82) is 0 Å². The standard InChI is InChI=1S/C14H22ClN3O/c1-10-11(15)6-4-7-12(10)17-9-5-8-14(2,3)13(16)18-19/h4,6-7,17,19H,5,8-9H2,1-3H3,(H2,16,18). The minimum absolute atomic E-state index is 0.270. The van der Waals surface area contributed by atoms with Gasteiger partial charge in [-0.25, -0.2) is 0 Å². The maximum Gasteiger partial charge on any atom is 0.144 e. The second kappa shape index (κ2) is 6.66. The Labute approximate surface area is 119 Å². The van der Waals surface area contributed by atoms with Gasteiger partial charge in [0, 0.05) is 22.7 Å². The first-order valence-corrected chi connectivity index (χ1v) is 6.73. The van der Waals surface area contributed by atoms with Gasteiger partial charge in [-0.2, -0.15) is 0 Å². The number of nitrogens with zero attached hydrogens (tertiary/aromatic N) is 1. The molecule has 19 heavy (non-hydrogen) atoms. The first-order chi connectivity index (χ1) is 8.88. The third kappa shape index (κ3) is 4.31. The van der Waals surface area contributed by atoms with Crippen LogP contribution in [0.15, 0.2) is 23.4 Å². The number of oxime groups is 1. The summed E-state index contributed by atoms with van der Waals surface area (Å²) < 4.78 is 0. The van der Waals surface area contributed by atoms with Gasteiger partial charge >= 0.3 is 0 Å². The molecule has 0 heterocycles. The smallest absolute Gasteiger partial charge is 0.144 e. The third-order valence-corrected chi connectivity index (χ3v) is 3.77. The van der Waals surface area contributed by atoms with E-state index in [4.69, 9.17) is 22.5 Å². The number of nitrogens with one attached hydrogen (secondary N) is 1. The Kier molecular flexibility index (Phi) is 5.48. The summed E-state index contributed by atoms with van der Waals surface area (Å²) in [5.74, 6) is 0.270. The molecule has 0 bridgehead atoms. The van der Waals surface area contributed by atoms with Crippen LogP contribution in [0.3, 0.4) is 0 Å². The normalized spacial score (nSPS) is 12.5. The largest absolute Gasteiger partial charge is 0.409 e. The van der Waals surface area contributed by atoms with Crippen LogP contribution in [0.1, 0.15) is 32.3 Å². The van der Waals surface area contributed by atoms with E-state index in [-0.39, 0.29) is 11.3 Å². The van der Waals surface area contributed by atoms with E-state index in [2.05, 4.69) is 10.5 Å². The second-order valence-corrected chi connectivity index (χ2v) is 5.72. The predicted octanol–water partition coefficient (Wildman–Crippen LogP) is 3.61. The quantitative estimate of drug-likeness (QED) is 0.245. The maximum absolute atomic E-state index is 8.70. The molecule has 5 heteroatoms. The van der Waals surface area contributed by atoms with Gasteiger partial charge in [-0.1, -0.05) is 36.7 Å². The van der Waals surface area contributed by atoms with Crippen molar-refractivity contribution in [2.24, 2.45) is 16.3 Å². The van der Waals surface area contributed by atoms with Gasteiger partial charge in [0.15, 0.2) is 0 Å².